The van der Waals surface area contributed by atoms with Crippen LogP contribution in [0.15, 0.2) is 48.6 Å². The predicted molar refractivity (Wildman–Crippen MR) is 69.0 cm³/mol. The molecule has 1 N–H and O–H groups in total. The highest BCUT2D eigenvalue weighted by molar-refractivity contribution is 5.32. The van der Waals surface area contributed by atoms with Gasteiger partial charge in [-0.25, -0.2) is 13.2 Å². The zero-order valence-electron chi connectivity index (χ0n) is 10.3. The van der Waals surface area contributed by atoms with Crippen LogP contribution < -0.4 is 5.32 Å². The third kappa shape index (κ3) is 3.15. The zero-order valence-corrected chi connectivity index (χ0v) is 10.3. The molecule has 1 unspecified atom stereocenters. The summed E-state index contributed by atoms with van der Waals surface area (Å²) in [7, 11) is 0. The first-order valence-corrected chi connectivity index (χ1v) is 5.97. The minimum absolute atomic E-state index is 0.0543. The van der Waals surface area contributed by atoms with Crippen LogP contribution in [-0.4, -0.2) is 6.04 Å². The van der Waals surface area contributed by atoms with Crippen molar-refractivity contribution in [2.24, 2.45) is 0 Å². The van der Waals surface area contributed by atoms with Crippen LogP contribution in [0.3, 0.4) is 0 Å². The molecule has 1 aromatic carbocycles. The van der Waals surface area contributed by atoms with Crippen molar-refractivity contribution < 1.29 is 13.2 Å². The van der Waals surface area contributed by atoms with Gasteiger partial charge < -0.3 is 5.32 Å². The molecule has 100 valence electrons. The number of nitrogens with one attached hydrogen (secondary N) is 1. The molecule has 0 amide bonds. The summed E-state index contributed by atoms with van der Waals surface area (Å²) in [5.74, 6) is -3.77. The van der Waals surface area contributed by atoms with Crippen molar-refractivity contribution in [2.75, 3.05) is 0 Å². The summed E-state index contributed by atoms with van der Waals surface area (Å²) < 4.78 is 39.0. The fourth-order valence-corrected chi connectivity index (χ4v) is 2.01. The van der Waals surface area contributed by atoms with E-state index in [2.05, 4.69) is 11.9 Å². The number of hydrogen-bond donors (Lipinski definition) is 1. The number of benzene rings is 1. The van der Waals surface area contributed by atoms with Crippen molar-refractivity contribution in [1.29, 1.82) is 0 Å². The number of rotatable bonds is 4. The van der Waals surface area contributed by atoms with Gasteiger partial charge in [0.25, 0.3) is 0 Å². The maximum atomic E-state index is 13.1. The van der Waals surface area contributed by atoms with E-state index in [0.29, 0.717) is 5.56 Å². The van der Waals surface area contributed by atoms with Crippen LogP contribution in [0.25, 0.3) is 0 Å². The summed E-state index contributed by atoms with van der Waals surface area (Å²) in [6.07, 6.45) is 8.39. The Morgan fingerprint density at radius 2 is 1.95 bits per heavy atom. The van der Waals surface area contributed by atoms with Gasteiger partial charge in [-0.05, 0) is 29.7 Å². The number of allylic oxidation sites excluding steroid dienone is 2. The summed E-state index contributed by atoms with van der Waals surface area (Å²) in [6, 6.07) is 2.06. The highest BCUT2D eigenvalue weighted by Gasteiger charge is 2.14. The molecule has 1 atom stereocenters. The predicted octanol–water partition coefficient (Wildman–Crippen LogP) is 3.63. The lowest BCUT2D eigenvalue weighted by atomic mass is 9.98. The van der Waals surface area contributed by atoms with E-state index in [1.54, 1.807) is 6.08 Å². The molecule has 0 spiro atoms. The second-order valence-electron chi connectivity index (χ2n) is 4.34. The molecule has 1 aromatic rings. The molecule has 0 saturated heterocycles. The lowest BCUT2D eigenvalue weighted by Gasteiger charge is -2.20. The maximum Gasteiger partial charge on any atom is 0.194 e. The van der Waals surface area contributed by atoms with Crippen molar-refractivity contribution in [3.8, 4) is 0 Å². The molecule has 2 rings (SSSR count). The van der Waals surface area contributed by atoms with Crippen LogP contribution in [0.2, 0.25) is 0 Å². The van der Waals surface area contributed by atoms with E-state index in [9.17, 15) is 13.2 Å². The van der Waals surface area contributed by atoms with E-state index in [1.807, 2.05) is 18.2 Å². The maximum absolute atomic E-state index is 13.1. The summed E-state index contributed by atoms with van der Waals surface area (Å²) in [6.45, 7) is 3.98. The second-order valence-corrected chi connectivity index (χ2v) is 4.34. The van der Waals surface area contributed by atoms with Gasteiger partial charge in [0.1, 0.15) is 0 Å². The van der Waals surface area contributed by atoms with Crippen molar-refractivity contribution >= 4 is 0 Å². The Labute approximate surface area is 110 Å². The fraction of sp³-hybridized carbons (Fsp3) is 0.200. The fourth-order valence-electron chi connectivity index (χ4n) is 2.01. The van der Waals surface area contributed by atoms with Crippen LogP contribution in [-0.2, 0) is 6.54 Å². The van der Waals surface area contributed by atoms with Crippen LogP contribution >= 0.6 is 0 Å². The first kappa shape index (κ1) is 13.6. The lowest BCUT2D eigenvalue weighted by molar-refractivity contribution is 0.443. The Morgan fingerprint density at radius 1 is 1.26 bits per heavy atom. The van der Waals surface area contributed by atoms with Gasteiger partial charge in [-0.1, -0.05) is 30.9 Å². The summed E-state index contributed by atoms with van der Waals surface area (Å²) >= 11 is 0. The van der Waals surface area contributed by atoms with E-state index in [0.717, 1.165) is 24.1 Å². The van der Waals surface area contributed by atoms with Crippen LogP contribution in [0.5, 0.6) is 0 Å². The topological polar surface area (TPSA) is 12.0 Å². The molecule has 0 radical (unpaired) electrons. The molecule has 19 heavy (non-hydrogen) atoms. The van der Waals surface area contributed by atoms with Gasteiger partial charge in [-0.2, -0.15) is 0 Å². The van der Waals surface area contributed by atoms with Gasteiger partial charge in [0.15, 0.2) is 17.5 Å². The Morgan fingerprint density at radius 3 is 2.58 bits per heavy atom. The van der Waals surface area contributed by atoms with Crippen LogP contribution in [0.1, 0.15) is 12.0 Å². The van der Waals surface area contributed by atoms with Gasteiger partial charge in [0.2, 0.25) is 0 Å². The van der Waals surface area contributed by atoms with Crippen molar-refractivity contribution in [3.63, 3.8) is 0 Å². The average molecular weight is 265 g/mol. The first-order chi connectivity index (χ1) is 9.11. The Hall–Kier alpha value is -1.81. The minimum Gasteiger partial charge on any atom is -0.306 e. The van der Waals surface area contributed by atoms with E-state index < -0.39 is 17.5 Å². The van der Waals surface area contributed by atoms with Crippen molar-refractivity contribution in [3.05, 3.63) is 71.6 Å². The SMILES string of the molecule is C=CC1=CC=CCC1NCc1cc(F)c(F)c(F)c1. The molecular weight excluding hydrogens is 251 g/mol. The van der Waals surface area contributed by atoms with Gasteiger partial charge >= 0.3 is 0 Å². The van der Waals surface area contributed by atoms with Crippen molar-refractivity contribution in [1.82, 2.24) is 5.32 Å². The number of hydrogen-bond acceptors (Lipinski definition) is 1. The van der Waals surface area contributed by atoms with E-state index in [-0.39, 0.29) is 12.6 Å². The van der Waals surface area contributed by atoms with Gasteiger partial charge in [0, 0.05) is 12.6 Å². The highest BCUT2D eigenvalue weighted by Crippen LogP contribution is 2.17. The lowest BCUT2D eigenvalue weighted by Crippen LogP contribution is -2.30. The molecule has 0 aliphatic heterocycles. The van der Waals surface area contributed by atoms with Crippen LogP contribution in [0, 0.1) is 17.5 Å². The molecule has 0 bridgehead atoms. The molecular formula is C15H14F3N. The Bertz CT molecular complexity index is 523. The largest absolute Gasteiger partial charge is 0.306 e. The van der Waals surface area contributed by atoms with Gasteiger partial charge in [0.05, 0.1) is 0 Å². The monoisotopic (exact) mass is 265 g/mol. The molecule has 0 fully saturated rings. The standard InChI is InChI=1S/C15H14F3N/c1-2-11-5-3-4-6-14(11)19-9-10-7-12(16)15(18)13(17)8-10/h2-5,7-8,14,19H,1,6,9H2. The number of halogens is 3. The molecule has 1 aliphatic carbocycles. The van der Waals surface area contributed by atoms with E-state index in [1.165, 1.54) is 0 Å². The summed E-state index contributed by atoms with van der Waals surface area (Å²) in [4.78, 5) is 0. The average Bonchev–Trinajstić information content (AvgIpc) is 2.42. The minimum atomic E-state index is -1.43. The summed E-state index contributed by atoms with van der Waals surface area (Å²) in [5.41, 5.74) is 1.39. The molecule has 1 nitrogen and oxygen atoms in total. The van der Waals surface area contributed by atoms with Gasteiger partial charge in [-0.15, -0.1) is 0 Å². The zero-order chi connectivity index (χ0) is 13.8. The molecule has 0 saturated carbocycles. The summed E-state index contributed by atoms with van der Waals surface area (Å²) in [5, 5.41) is 3.17. The molecule has 4 heteroatoms. The van der Waals surface area contributed by atoms with Crippen LogP contribution in [0.4, 0.5) is 13.2 Å². The molecule has 0 aromatic heterocycles. The third-order valence-corrected chi connectivity index (χ3v) is 3.03. The highest BCUT2D eigenvalue weighted by atomic mass is 19.2. The second kappa shape index (κ2) is 5.89. The van der Waals surface area contributed by atoms with E-state index >= 15 is 0 Å². The Kier molecular flexibility index (Phi) is 4.22. The molecule has 1 aliphatic rings. The normalized spacial score (nSPS) is 18.3. The smallest absolute Gasteiger partial charge is 0.194 e. The van der Waals surface area contributed by atoms with Gasteiger partial charge in [-0.3, -0.25) is 0 Å². The van der Waals surface area contributed by atoms with Crippen molar-refractivity contribution in [2.45, 2.75) is 19.0 Å². The van der Waals surface area contributed by atoms with E-state index in [4.69, 9.17) is 0 Å². The third-order valence-electron chi connectivity index (χ3n) is 3.03. The first-order valence-electron chi connectivity index (χ1n) is 5.97. The quantitative estimate of drug-likeness (QED) is 0.820. The Balaban J connectivity index is 2.05. The molecule has 0 heterocycles.